The fourth-order valence-corrected chi connectivity index (χ4v) is 1.79. The molecule has 2 amide bonds. The zero-order chi connectivity index (χ0) is 15.8. The average molecular weight is 315 g/mol. The van der Waals surface area contributed by atoms with Crippen molar-refractivity contribution in [2.75, 3.05) is 13.7 Å². The van der Waals surface area contributed by atoms with Crippen molar-refractivity contribution in [1.29, 1.82) is 0 Å². The fraction of sp³-hybridized carbons (Fsp3) is 0.308. The zero-order valence-electron chi connectivity index (χ0n) is 11.3. The van der Waals surface area contributed by atoms with Gasteiger partial charge in [0, 0.05) is 17.1 Å². The first kappa shape index (κ1) is 16.8. The third-order valence-electron chi connectivity index (χ3n) is 2.58. The van der Waals surface area contributed by atoms with Gasteiger partial charge in [-0.3, -0.25) is 4.79 Å². The highest BCUT2D eigenvalue weighted by atomic mass is 35.5. The van der Waals surface area contributed by atoms with Crippen molar-refractivity contribution in [1.82, 2.24) is 10.6 Å². The van der Waals surface area contributed by atoms with E-state index in [-0.39, 0.29) is 23.6 Å². The molecule has 0 radical (unpaired) electrons. The molecule has 0 aromatic heterocycles. The Balaban J connectivity index is 2.63. The molecule has 1 rings (SSSR count). The monoisotopic (exact) mass is 314 g/mol. The summed E-state index contributed by atoms with van der Waals surface area (Å²) in [6.45, 7) is 0.0351. The summed E-state index contributed by atoms with van der Waals surface area (Å²) >= 11 is 5.91. The first-order chi connectivity index (χ1) is 9.95. The summed E-state index contributed by atoms with van der Waals surface area (Å²) in [4.78, 5) is 33.8. The lowest BCUT2D eigenvalue weighted by Gasteiger charge is -2.16. The quantitative estimate of drug-likeness (QED) is 0.687. The SMILES string of the molecule is COC(=O)CCNC(=O)N[C@@H](C(=O)O)c1ccccc1Cl. The molecule has 0 aliphatic heterocycles. The molecule has 8 heteroatoms. The third kappa shape index (κ3) is 5.31. The Morgan fingerprint density at radius 2 is 2.00 bits per heavy atom. The van der Waals surface area contributed by atoms with Crippen molar-refractivity contribution in [3.05, 3.63) is 34.9 Å². The number of hydrogen-bond acceptors (Lipinski definition) is 4. The van der Waals surface area contributed by atoms with Crippen molar-refractivity contribution < 1.29 is 24.2 Å². The Labute approximate surface area is 126 Å². The number of carbonyl (C=O) groups excluding carboxylic acids is 2. The second kappa shape index (κ2) is 8.11. The molecule has 7 nitrogen and oxygen atoms in total. The van der Waals surface area contributed by atoms with Crippen LogP contribution in [-0.2, 0) is 14.3 Å². The first-order valence-electron chi connectivity index (χ1n) is 6.04. The number of amides is 2. The van der Waals surface area contributed by atoms with Crippen molar-refractivity contribution in [2.45, 2.75) is 12.5 Å². The molecule has 0 saturated heterocycles. The molecule has 0 saturated carbocycles. The molecule has 0 heterocycles. The predicted molar refractivity (Wildman–Crippen MR) is 75.0 cm³/mol. The van der Waals surface area contributed by atoms with Gasteiger partial charge in [0.1, 0.15) is 0 Å². The lowest BCUT2D eigenvalue weighted by molar-refractivity contribution is -0.141. The van der Waals surface area contributed by atoms with Crippen LogP contribution in [0.5, 0.6) is 0 Å². The minimum absolute atomic E-state index is 0.00620. The largest absolute Gasteiger partial charge is 0.479 e. The van der Waals surface area contributed by atoms with Crippen LogP contribution in [0.4, 0.5) is 4.79 Å². The maximum atomic E-state index is 11.6. The number of hydrogen-bond donors (Lipinski definition) is 3. The normalized spacial score (nSPS) is 11.3. The van der Waals surface area contributed by atoms with Gasteiger partial charge < -0.3 is 20.5 Å². The second-order valence-electron chi connectivity index (χ2n) is 4.02. The Bertz CT molecular complexity index is 535. The van der Waals surface area contributed by atoms with Crippen molar-refractivity contribution in [3.63, 3.8) is 0 Å². The van der Waals surface area contributed by atoms with Gasteiger partial charge in [-0.25, -0.2) is 9.59 Å². The standard InChI is InChI=1S/C13H15ClN2O5/c1-21-10(17)6-7-15-13(20)16-11(12(18)19)8-4-2-3-5-9(8)14/h2-5,11H,6-7H2,1H3,(H,18,19)(H2,15,16,20)/t11-/m1/s1. The van der Waals surface area contributed by atoms with E-state index in [9.17, 15) is 19.5 Å². The van der Waals surface area contributed by atoms with Gasteiger partial charge in [0.05, 0.1) is 13.5 Å². The van der Waals surface area contributed by atoms with Crippen LogP contribution >= 0.6 is 11.6 Å². The van der Waals surface area contributed by atoms with E-state index in [1.54, 1.807) is 12.1 Å². The number of urea groups is 1. The lowest BCUT2D eigenvalue weighted by Crippen LogP contribution is -2.41. The highest BCUT2D eigenvalue weighted by Crippen LogP contribution is 2.22. The number of carbonyl (C=O) groups is 3. The summed E-state index contributed by atoms with van der Waals surface area (Å²) < 4.78 is 4.41. The van der Waals surface area contributed by atoms with E-state index in [2.05, 4.69) is 15.4 Å². The van der Waals surface area contributed by atoms with E-state index in [1.807, 2.05) is 0 Å². The number of nitrogens with one attached hydrogen (secondary N) is 2. The minimum Gasteiger partial charge on any atom is -0.479 e. The molecule has 21 heavy (non-hydrogen) atoms. The molecular weight excluding hydrogens is 300 g/mol. The van der Waals surface area contributed by atoms with Crippen LogP contribution in [0.2, 0.25) is 5.02 Å². The van der Waals surface area contributed by atoms with Crippen molar-refractivity contribution in [2.24, 2.45) is 0 Å². The van der Waals surface area contributed by atoms with Gasteiger partial charge in [-0.15, -0.1) is 0 Å². The molecule has 0 fully saturated rings. The topological polar surface area (TPSA) is 105 Å². The molecule has 114 valence electrons. The van der Waals surface area contributed by atoms with Gasteiger partial charge in [0.15, 0.2) is 6.04 Å². The maximum absolute atomic E-state index is 11.6. The molecule has 0 unspecified atom stereocenters. The predicted octanol–water partition coefficient (Wildman–Crippen LogP) is 1.33. The number of methoxy groups -OCH3 is 1. The highest BCUT2D eigenvalue weighted by Gasteiger charge is 2.24. The number of ether oxygens (including phenoxy) is 1. The number of rotatable bonds is 6. The van der Waals surface area contributed by atoms with E-state index in [0.29, 0.717) is 0 Å². The maximum Gasteiger partial charge on any atom is 0.331 e. The van der Waals surface area contributed by atoms with E-state index in [1.165, 1.54) is 19.2 Å². The molecule has 0 aliphatic carbocycles. The first-order valence-corrected chi connectivity index (χ1v) is 6.42. The molecule has 0 bridgehead atoms. The van der Waals surface area contributed by atoms with Crippen LogP contribution in [0.25, 0.3) is 0 Å². The molecular formula is C13H15ClN2O5. The number of halogens is 1. The Hall–Kier alpha value is -2.28. The molecule has 1 aromatic carbocycles. The number of aliphatic carboxylic acids is 1. The van der Waals surface area contributed by atoms with Gasteiger partial charge in [0.25, 0.3) is 0 Å². The minimum atomic E-state index is -1.28. The Kier molecular flexibility index (Phi) is 6.48. The number of benzene rings is 1. The van der Waals surface area contributed by atoms with Crippen LogP contribution in [0.15, 0.2) is 24.3 Å². The molecule has 1 atom stereocenters. The molecule has 0 aliphatic rings. The van der Waals surface area contributed by atoms with Crippen molar-refractivity contribution >= 4 is 29.6 Å². The highest BCUT2D eigenvalue weighted by molar-refractivity contribution is 6.31. The molecule has 3 N–H and O–H groups in total. The van der Waals surface area contributed by atoms with Gasteiger partial charge in [0.2, 0.25) is 0 Å². The van der Waals surface area contributed by atoms with E-state index >= 15 is 0 Å². The van der Waals surface area contributed by atoms with Gasteiger partial charge in [-0.2, -0.15) is 0 Å². The third-order valence-corrected chi connectivity index (χ3v) is 2.93. The summed E-state index contributed by atoms with van der Waals surface area (Å²) in [5.41, 5.74) is 0.273. The Morgan fingerprint density at radius 3 is 2.57 bits per heavy atom. The van der Waals surface area contributed by atoms with Crippen LogP contribution in [0.1, 0.15) is 18.0 Å². The summed E-state index contributed by atoms with van der Waals surface area (Å²) in [5, 5.41) is 14.1. The zero-order valence-corrected chi connectivity index (χ0v) is 12.0. The fourth-order valence-electron chi connectivity index (χ4n) is 1.54. The number of esters is 1. The van der Waals surface area contributed by atoms with Crippen molar-refractivity contribution in [3.8, 4) is 0 Å². The van der Waals surface area contributed by atoms with Gasteiger partial charge in [-0.1, -0.05) is 29.8 Å². The summed E-state index contributed by atoms with van der Waals surface area (Å²) in [5.74, 6) is -1.72. The average Bonchev–Trinajstić information content (AvgIpc) is 2.45. The van der Waals surface area contributed by atoms with E-state index in [4.69, 9.17) is 11.6 Å². The number of carboxylic acids is 1. The number of carboxylic acid groups (broad SMARTS) is 1. The smallest absolute Gasteiger partial charge is 0.331 e. The van der Waals surface area contributed by atoms with Crippen LogP contribution < -0.4 is 10.6 Å². The Morgan fingerprint density at radius 1 is 1.33 bits per heavy atom. The van der Waals surface area contributed by atoms with Gasteiger partial charge >= 0.3 is 18.0 Å². The second-order valence-corrected chi connectivity index (χ2v) is 4.43. The lowest BCUT2D eigenvalue weighted by atomic mass is 10.1. The van der Waals surface area contributed by atoms with Crippen LogP contribution in [-0.4, -0.2) is 36.7 Å². The van der Waals surface area contributed by atoms with E-state index in [0.717, 1.165) is 0 Å². The summed E-state index contributed by atoms with van der Waals surface area (Å²) in [6, 6.07) is 4.32. The molecule has 1 aromatic rings. The van der Waals surface area contributed by atoms with Crippen LogP contribution in [0, 0.1) is 0 Å². The van der Waals surface area contributed by atoms with Gasteiger partial charge in [-0.05, 0) is 6.07 Å². The van der Waals surface area contributed by atoms with Crippen LogP contribution in [0.3, 0.4) is 0 Å². The summed E-state index contributed by atoms with van der Waals surface area (Å²) in [7, 11) is 1.24. The summed E-state index contributed by atoms with van der Waals surface area (Å²) in [6.07, 6.45) is -0.00620. The molecule has 0 spiro atoms. The van der Waals surface area contributed by atoms with E-state index < -0.39 is 24.0 Å².